The highest BCUT2D eigenvalue weighted by atomic mass is 79.9. The van der Waals surface area contributed by atoms with Gasteiger partial charge in [0.05, 0.1) is 7.11 Å². The van der Waals surface area contributed by atoms with Crippen molar-refractivity contribution >= 4 is 21.9 Å². The van der Waals surface area contributed by atoms with E-state index in [1.165, 1.54) is 7.11 Å². The monoisotopic (exact) mass is 328 g/mol. The number of halogens is 1. The molecule has 0 saturated heterocycles. The van der Waals surface area contributed by atoms with Gasteiger partial charge in [-0.15, -0.1) is 0 Å². The van der Waals surface area contributed by atoms with Crippen LogP contribution in [0.2, 0.25) is 0 Å². The van der Waals surface area contributed by atoms with E-state index >= 15 is 0 Å². The molecular formula is C14H17BrO4. The molecule has 2 rings (SSSR count). The number of benzene rings is 1. The fourth-order valence-corrected chi connectivity index (χ4v) is 3.09. The van der Waals surface area contributed by atoms with Crippen LogP contribution in [0, 0.1) is 0 Å². The number of carbonyl (C=O) groups excluding carboxylic acids is 1. The second-order valence-electron chi connectivity index (χ2n) is 4.76. The van der Waals surface area contributed by atoms with Crippen molar-refractivity contribution in [3.05, 3.63) is 34.3 Å². The summed E-state index contributed by atoms with van der Waals surface area (Å²) in [5, 5.41) is 0. The third-order valence-electron chi connectivity index (χ3n) is 3.84. The normalized spacial score (nSPS) is 19.6. The third kappa shape index (κ3) is 2.30. The summed E-state index contributed by atoms with van der Waals surface area (Å²) in [6, 6.07) is 7.69. The fourth-order valence-electron chi connectivity index (χ4n) is 2.69. The van der Waals surface area contributed by atoms with Crippen molar-refractivity contribution in [1.29, 1.82) is 0 Å². The predicted octanol–water partition coefficient (Wildman–Crippen LogP) is 2.64. The molecule has 0 bridgehead atoms. The zero-order chi connectivity index (χ0) is 14.1. The summed E-state index contributed by atoms with van der Waals surface area (Å²) < 4.78 is 16.7. The van der Waals surface area contributed by atoms with E-state index in [9.17, 15) is 4.79 Å². The SMILES string of the molecule is COC(=O)C1(c2cccc(Br)c2)CC(OC)(OC)C1. The van der Waals surface area contributed by atoms with E-state index in [1.54, 1.807) is 14.2 Å². The summed E-state index contributed by atoms with van der Waals surface area (Å²) in [5.74, 6) is -0.952. The van der Waals surface area contributed by atoms with Gasteiger partial charge in [-0.1, -0.05) is 28.1 Å². The van der Waals surface area contributed by atoms with Gasteiger partial charge in [0.2, 0.25) is 0 Å². The van der Waals surface area contributed by atoms with Gasteiger partial charge < -0.3 is 14.2 Å². The van der Waals surface area contributed by atoms with Crippen LogP contribution in [-0.4, -0.2) is 33.1 Å². The Morgan fingerprint density at radius 1 is 1.21 bits per heavy atom. The molecule has 104 valence electrons. The molecule has 1 saturated carbocycles. The topological polar surface area (TPSA) is 44.8 Å². The average molecular weight is 329 g/mol. The van der Waals surface area contributed by atoms with Crippen LogP contribution >= 0.6 is 15.9 Å². The van der Waals surface area contributed by atoms with Crippen LogP contribution in [-0.2, 0) is 24.4 Å². The second-order valence-corrected chi connectivity index (χ2v) is 5.67. The van der Waals surface area contributed by atoms with Crippen molar-refractivity contribution in [2.45, 2.75) is 24.0 Å². The molecule has 0 atom stereocenters. The number of hydrogen-bond acceptors (Lipinski definition) is 4. The summed E-state index contributed by atoms with van der Waals surface area (Å²) in [6.07, 6.45) is 0.909. The molecule has 0 amide bonds. The standard InChI is InChI=1S/C14H17BrO4/c1-17-12(16)13(8-14(9-13,18-2)19-3)10-5-4-6-11(15)7-10/h4-7H,8-9H2,1-3H3. The molecule has 0 spiro atoms. The largest absolute Gasteiger partial charge is 0.468 e. The first kappa shape index (κ1) is 14.5. The van der Waals surface area contributed by atoms with Crippen molar-refractivity contribution in [2.24, 2.45) is 0 Å². The first-order valence-electron chi connectivity index (χ1n) is 5.97. The van der Waals surface area contributed by atoms with Crippen LogP contribution in [0.4, 0.5) is 0 Å². The smallest absolute Gasteiger partial charge is 0.316 e. The Balaban J connectivity index is 2.37. The molecular weight excluding hydrogens is 312 g/mol. The van der Waals surface area contributed by atoms with E-state index in [0.29, 0.717) is 12.8 Å². The number of esters is 1. The van der Waals surface area contributed by atoms with E-state index < -0.39 is 11.2 Å². The third-order valence-corrected chi connectivity index (χ3v) is 4.33. The zero-order valence-corrected chi connectivity index (χ0v) is 12.8. The fraction of sp³-hybridized carbons (Fsp3) is 0.500. The molecule has 1 aliphatic carbocycles. The van der Waals surface area contributed by atoms with E-state index in [1.807, 2.05) is 24.3 Å². The molecule has 1 aromatic rings. The van der Waals surface area contributed by atoms with Crippen LogP contribution in [0.1, 0.15) is 18.4 Å². The minimum atomic E-state index is -0.698. The highest BCUT2D eigenvalue weighted by Gasteiger charge is 2.62. The van der Waals surface area contributed by atoms with Crippen molar-refractivity contribution in [3.63, 3.8) is 0 Å². The van der Waals surface area contributed by atoms with Gasteiger partial charge in [-0.25, -0.2) is 0 Å². The zero-order valence-electron chi connectivity index (χ0n) is 11.2. The maximum absolute atomic E-state index is 12.2. The van der Waals surface area contributed by atoms with Crippen LogP contribution in [0.15, 0.2) is 28.7 Å². The molecule has 0 unspecified atom stereocenters. The lowest BCUT2D eigenvalue weighted by atomic mass is 9.60. The summed E-state index contributed by atoms with van der Waals surface area (Å²) >= 11 is 3.43. The van der Waals surface area contributed by atoms with Crippen LogP contribution < -0.4 is 0 Å². The average Bonchev–Trinajstić information content (AvgIpc) is 2.39. The minimum Gasteiger partial charge on any atom is -0.468 e. The van der Waals surface area contributed by atoms with E-state index in [-0.39, 0.29) is 5.97 Å². The number of hydrogen-bond donors (Lipinski definition) is 0. The summed E-state index contributed by atoms with van der Waals surface area (Å²) in [5.41, 5.74) is 0.225. The molecule has 0 aliphatic heterocycles. The Bertz CT molecular complexity index is 474. The highest BCUT2D eigenvalue weighted by molar-refractivity contribution is 9.10. The number of methoxy groups -OCH3 is 3. The second kappa shape index (κ2) is 5.23. The van der Waals surface area contributed by atoms with Crippen molar-refractivity contribution in [3.8, 4) is 0 Å². The highest BCUT2D eigenvalue weighted by Crippen LogP contribution is 2.53. The Hall–Kier alpha value is -0.910. The van der Waals surface area contributed by atoms with Gasteiger partial charge in [0, 0.05) is 31.5 Å². The molecule has 0 heterocycles. The maximum atomic E-state index is 12.2. The van der Waals surface area contributed by atoms with Gasteiger partial charge in [-0.2, -0.15) is 0 Å². The molecule has 4 nitrogen and oxygen atoms in total. The Kier molecular flexibility index (Phi) is 3.99. The van der Waals surface area contributed by atoms with Crippen molar-refractivity contribution in [1.82, 2.24) is 0 Å². The molecule has 19 heavy (non-hydrogen) atoms. The molecule has 1 fully saturated rings. The van der Waals surface area contributed by atoms with Gasteiger partial charge in [-0.3, -0.25) is 4.79 Å². The van der Waals surface area contributed by atoms with Gasteiger partial charge in [-0.05, 0) is 17.7 Å². The van der Waals surface area contributed by atoms with Gasteiger partial charge in [0.25, 0.3) is 0 Å². The van der Waals surface area contributed by atoms with Gasteiger partial charge >= 0.3 is 5.97 Å². The first-order valence-corrected chi connectivity index (χ1v) is 6.76. The molecule has 5 heteroatoms. The first-order chi connectivity index (χ1) is 9.02. The lowest BCUT2D eigenvalue weighted by Gasteiger charge is -2.52. The lowest BCUT2D eigenvalue weighted by Crippen LogP contribution is -2.60. The van der Waals surface area contributed by atoms with Crippen molar-refractivity contribution < 1.29 is 19.0 Å². The van der Waals surface area contributed by atoms with E-state index in [2.05, 4.69) is 15.9 Å². The number of rotatable bonds is 4. The Labute approximate surface area is 121 Å². The molecule has 1 aromatic carbocycles. The molecule has 0 N–H and O–H groups in total. The van der Waals surface area contributed by atoms with Crippen molar-refractivity contribution in [2.75, 3.05) is 21.3 Å². The summed E-state index contributed by atoms with van der Waals surface area (Å²) in [7, 11) is 4.58. The molecule has 0 radical (unpaired) electrons. The Morgan fingerprint density at radius 2 is 1.84 bits per heavy atom. The molecule has 0 aromatic heterocycles. The van der Waals surface area contributed by atoms with E-state index in [0.717, 1.165) is 10.0 Å². The number of carbonyl (C=O) groups is 1. The van der Waals surface area contributed by atoms with Gasteiger partial charge in [0.15, 0.2) is 5.79 Å². The van der Waals surface area contributed by atoms with Crippen LogP contribution in [0.25, 0.3) is 0 Å². The molecule has 1 aliphatic rings. The van der Waals surface area contributed by atoms with Crippen LogP contribution in [0.3, 0.4) is 0 Å². The van der Waals surface area contributed by atoms with Gasteiger partial charge in [0.1, 0.15) is 5.41 Å². The summed E-state index contributed by atoms with van der Waals surface area (Å²) in [4.78, 5) is 12.2. The number of ether oxygens (including phenoxy) is 3. The quantitative estimate of drug-likeness (QED) is 0.629. The maximum Gasteiger partial charge on any atom is 0.316 e. The summed E-state index contributed by atoms with van der Waals surface area (Å²) in [6.45, 7) is 0. The lowest BCUT2D eigenvalue weighted by molar-refractivity contribution is -0.278. The van der Waals surface area contributed by atoms with E-state index in [4.69, 9.17) is 14.2 Å². The Morgan fingerprint density at radius 3 is 2.32 bits per heavy atom. The predicted molar refractivity (Wildman–Crippen MR) is 73.8 cm³/mol. The minimum absolute atomic E-state index is 0.254. The van der Waals surface area contributed by atoms with Crippen LogP contribution in [0.5, 0.6) is 0 Å².